The minimum absolute atomic E-state index is 0.307. The number of rotatable bonds is 4. The molecule has 0 aliphatic carbocycles. The maximum atomic E-state index is 12.5. The van der Waals surface area contributed by atoms with Crippen LogP contribution in [0.1, 0.15) is 18.7 Å². The summed E-state index contributed by atoms with van der Waals surface area (Å²) in [5, 5.41) is 1.75. The van der Waals surface area contributed by atoms with Crippen LogP contribution < -0.4 is 4.72 Å². The summed E-state index contributed by atoms with van der Waals surface area (Å²) in [6.07, 6.45) is 5.31. The first-order valence-electron chi connectivity index (χ1n) is 7.85. The van der Waals surface area contributed by atoms with Crippen molar-refractivity contribution >= 4 is 27.0 Å². The largest absolute Gasteiger partial charge is 0.334 e. The number of benzene rings is 1. The molecule has 1 aromatic carbocycles. The molecule has 0 atom stereocenters. The van der Waals surface area contributed by atoms with Crippen LogP contribution in [-0.4, -0.2) is 18.0 Å². The van der Waals surface area contributed by atoms with Gasteiger partial charge in [-0.3, -0.25) is 4.72 Å². The van der Waals surface area contributed by atoms with Gasteiger partial charge in [0.1, 0.15) is 10.0 Å². The van der Waals surface area contributed by atoms with E-state index in [1.807, 2.05) is 24.4 Å². The Labute approximate surface area is 145 Å². The van der Waals surface area contributed by atoms with E-state index in [0.29, 0.717) is 9.90 Å². The summed E-state index contributed by atoms with van der Waals surface area (Å²) in [5.74, 6) is 1.08. The predicted molar refractivity (Wildman–Crippen MR) is 95.7 cm³/mol. The van der Waals surface area contributed by atoms with Crippen molar-refractivity contribution < 1.29 is 8.42 Å². The van der Waals surface area contributed by atoms with Crippen molar-refractivity contribution in [2.24, 2.45) is 0 Å². The topological polar surface area (TPSA) is 64.0 Å². The average molecular weight is 359 g/mol. The van der Waals surface area contributed by atoms with E-state index in [1.54, 1.807) is 23.6 Å². The first kappa shape index (κ1) is 15.4. The van der Waals surface area contributed by atoms with Crippen molar-refractivity contribution in [2.45, 2.75) is 30.0 Å². The Kier molecular flexibility index (Phi) is 3.90. The highest BCUT2D eigenvalue weighted by Crippen LogP contribution is 2.31. The molecule has 4 rings (SSSR count). The van der Waals surface area contributed by atoms with Gasteiger partial charge in [-0.15, -0.1) is 11.3 Å². The zero-order valence-corrected chi connectivity index (χ0v) is 14.6. The molecule has 0 bridgehead atoms. The van der Waals surface area contributed by atoms with Gasteiger partial charge in [0.15, 0.2) is 0 Å². The highest BCUT2D eigenvalue weighted by molar-refractivity contribution is 7.94. The third kappa shape index (κ3) is 2.85. The smallest absolute Gasteiger partial charge is 0.271 e. The van der Waals surface area contributed by atoms with Crippen LogP contribution in [0.4, 0.5) is 5.69 Å². The molecule has 24 heavy (non-hydrogen) atoms. The number of sulfonamides is 1. The van der Waals surface area contributed by atoms with Crippen molar-refractivity contribution in [3.63, 3.8) is 0 Å². The van der Waals surface area contributed by atoms with Crippen molar-refractivity contribution in [2.75, 3.05) is 4.72 Å². The highest BCUT2D eigenvalue weighted by Gasteiger charge is 2.19. The SMILES string of the molecule is O=S(=O)(Nc1ccccc1-c1cn2c(n1)CCCC2)c1cccs1. The third-order valence-corrected chi connectivity index (χ3v) is 6.88. The molecule has 5 nitrogen and oxygen atoms in total. The van der Waals surface area contributed by atoms with Gasteiger partial charge in [0.2, 0.25) is 0 Å². The van der Waals surface area contributed by atoms with Crippen molar-refractivity contribution in [1.29, 1.82) is 0 Å². The quantitative estimate of drug-likeness (QED) is 0.772. The zero-order chi connectivity index (χ0) is 16.6. The second-order valence-corrected chi connectivity index (χ2v) is 8.63. The lowest BCUT2D eigenvalue weighted by molar-refractivity contribution is 0.522. The lowest BCUT2D eigenvalue weighted by atomic mass is 10.1. The normalized spacial score (nSPS) is 14.3. The summed E-state index contributed by atoms with van der Waals surface area (Å²) in [7, 11) is -3.57. The molecule has 1 aliphatic heterocycles. The number of imidazole rings is 1. The summed E-state index contributed by atoms with van der Waals surface area (Å²) in [6.45, 7) is 0.978. The molecule has 0 amide bonds. The Morgan fingerprint density at radius 1 is 1.12 bits per heavy atom. The monoisotopic (exact) mass is 359 g/mol. The Morgan fingerprint density at radius 2 is 2.00 bits per heavy atom. The van der Waals surface area contributed by atoms with Crippen molar-refractivity contribution in [3.05, 3.63) is 53.8 Å². The Hall–Kier alpha value is -2.12. The number of fused-ring (bicyclic) bond motifs is 1. The highest BCUT2D eigenvalue weighted by atomic mass is 32.2. The van der Waals surface area contributed by atoms with Crippen LogP contribution in [0.3, 0.4) is 0 Å². The zero-order valence-electron chi connectivity index (χ0n) is 13.0. The van der Waals surface area contributed by atoms with Gasteiger partial charge in [-0.25, -0.2) is 13.4 Å². The summed E-state index contributed by atoms with van der Waals surface area (Å²) in [5.41, 5.74) is 2.18. The van der Waals surface area contributed by atoms with Gasteiger partial charge in [0.25, 0.3) is 10.0 Å². The lowest BCUT2D eigenvalue weighted by Crippen LogP contribution is -2.12. The Morgan fingerprint density at radius 3 is 2.79 bits per heavy atom. The molecule has 1 N–H and O–H groups in total. The van der Waals surface area contributed by atoms with Gasteiger partial charge in [-0.05, 0) is 30.4 Å². The minimum Gasteiger partial charge on any atom is -0.334 e. The van der Waals surface area contributed by atoms with Crippen LogP contribution >= 0.6 is 11.3 Å². The molecule has 0 saturated carbocycles. The molecule has 0 fully saturated rings. The lowest BCUT2D eigenvalue weighted by Gasteiger charge is -2.11. The van der Waals surface area contributed by atoms with Crippen molar-refractivity contribution in [1.82, 2.24) is 9.55 Å². The maximum Gasteiger partial charge on any atom is 0.271 e. The van der Waals surface area contributed by atoms with Crippen LogP contribution in [0.25, 0.3) is 11.3 Å². The van der Waals surface area contributed by atoms with Gasteiger partial charge < -0.3 is 4.57 Å². The second-order valence-electron chi connectivity index (χ2n) is 5.78. The van der Waals surface area contributed by atoms with E-state index < -0.39 is 10.0 Å². The van der Waals surface area contributed by atoms with Gasteiger partial charge in [-0.1, -0.05) is 24.3 Å². The number of hydrogen-bond acceptors (Lipinski definition) is 4. The number of aryl methyl sites for hydroxylation is 2. The summed E-state index contributed by atoms with van der Waals surface area (Å²) >= 11 is 1.20. The summed E-state index contributed by atoms with van der Waals surface area (Å²) < 4.78 is 30.2. The molecule has 0 saturated heterocycles. The maximum absolute atomic E-state index is 12.5. The predicted octanol–water partition coefficient (Wildman–Crippen LogP) is 3.75. The molecule has 2 aromatic heterocycles. The Bertz CT molecular complexity index is 936. The van der Waals surface area contributed by atoms with Crippen LogP contribution in [0.2, 0.25) is 0 Å². The summed E-state index contributed by atoms with van der Waals surface area (Å²) in [4.78, 5) is 4.71. The van der Waals surface area contributed by atoms with E-state index in [0.717, 1.165) is 42.9 Å². The molecular weight excluding hydrogens is 342 g/mol. The molecule has 3 heterocycles. The minimum atomic E-state index is -3.57. The van der Waals surface area contributed by atoms with Crippen LogP contribution in [-0.2, 0) is 23.0 Å². The fourth-order valence-electron chi connectivity index (χ4n) is 2.95. The second kappa shape index (κ2) is 6.07. The number of thiophene rings is 1. The number of aromatic nitrogens is 2. The molecule has 7 heteroatoms. The summed E-state index contributed by atoms with van der Waals surface area (Å²) in [6, 6.07) is 10.7. The van der Waals surface area contributed by atoms with E-state index >= 15 is 0 Å². The van der Waals surface area contributed by atoms with Crippen LogP contribution in [0.5, 0.6) is 0 Å². The van der Waals surface area contributed by atoms with Crippen LogP contribution in [0.15, 0.2) is 52.2 Å². The van der Waals surface area contributed by atoms with Gasteiger partial charge in [0, 0.05) is 24.7 Å². The number of nitrogens with one attached hydrogen (secondary N) is 1. The number of hydrogen-bond donors (Lipinski definition) is 1. The van der Waals surface area contributed by atoms with E-state index in [2.05, 4.69) is 9.29 Å². The molecule has 0 radical (unpaired) electrons. The molecule has 3 aromatic rings. The number of anilines is 1. The van der Waals surface area contributed by atoms with E-state index in [-0.39, 0.29) is 0 Å². The fourth-order valence-corrected chi connectivity index (χ4v) is 5.02. The first-order chi connectivity index (χ1) is 11.6. The first-order valence-corrected chi connectivity index (χ1v) is 10.2. The van der Waals surface area contributed by atoms with Crippen molar-refractivity contribution in [3.8, 4) is 11.3 Å². The number of para-hydroxylation sites is 1. The average Bonchev–Trinajstić information content (AvgIpc) is 3.25. The standard InChI is InChI=1S/C17H17N3O2S2/c21-24(22,17-9-5-11-23-17)19-14-7-2-1-6-13(14)15-12-20-10-4-3-8-16(20)18-15/h1-2,5-7,9,11-12,19H,3-4,8,10H2. The molecule has 1 aliphatic rings. The molecular formula is C17H17N3O2S2. The van der Waals surface area contributed by atoms with Gasteiger partial charge in [0.05, 0.1) is 11.4 Å². The third-order valence-electron chi connectivity index (χ3n) is 4.12. The van der Waals surface area contributed by atoms with Crippen LogP contribution in [0, 0.1) is 0 Å². The van der Waals surface area contributed by atoms with E-state index in [4.69, 9.17) is 4.98 Å². The van der Waals surface area contributed by atoms with Gasteiger partial charge in [-0.2, -0.15) is 0 Å². The fraction of sp³-hybridized carbons (Fsp3) is 0.235. The molecule has 0 spiro atoms. The van der Waals surface area contributed by atoms with Gasteiger partial charge >= 0.3 is 0 Å². The molecule has 0 unspecified atom stereocenters. The molecule has 124 valence electrons. The van der Waals surface area contributed by atoms with E-state index in [1.165, 1.54) is 11.3 Å². The van der Waals surface area contributed by atoms with E-state index in [9.17, 15) is 8.42 Å². The Balaban J connectivity index is 1.72. The number of nitrogens with zero attached hydrogens (tertiary/aromatic N) is 2.